The summed E-state index contributed by atoms with van der Waals surface area (Å²) in [7, 11) is 0. The molecule has 0 aromatic carbocycles. The van der Waals surface area contributed by atoms with Gasteiger partial charge in [-0.2, -0.15) is 11.3 Å². The van der Waals surface area contributed by atoms with Crippen LogP contribution in [0.1, 0.15) is 27.2 Å². The van der Waals surface area contributed by atoms with Gasteiger partial charge in [-0.3, -0.25) is 4.79 Å². The molecule has 0 aliphatic carbocycles. The summed E-state index contributed by atoms with van der Waals surface area (Å²) < 4.78 is 0. The summed E-state index contributed by atoms with van der Waals surface area (Å²) in [6.45, 7) is 6.97. The van der Waals surface area contributed by atoms with Crippen LogP contribution in [-0.2, 0) is 4.79 Å². The van der Waals surface area contributed by atoms with Crippen LogP contribution in [0.4, 0.5) is 5.69 Å². The van der Waals surface area contributed by atoms with Gasteiger partial charge in [0.2, 0.25) is 5.91 Å². The van der Waals surface area contributed by atoms with E-state index >= 15 is 0 Å². The summed E-state index contributed by atoms with van der Waals surface area (Å²) in [5, 5.41) is 9.99. The lowest BCUT2D eigenvalue weighted by Gasteiger charge is -2.20. The fraction of sp³-hybridized carbons (Fsp3) is 0.545. The minimum atomic E-state index is 0.0603. The smallest absolute Gasteiger partial charge is 0.225 e. The lowest BCUT2D eigenvalue weighted by molar-refractivity contribution is -0.116. The molecule has 0 atom stereocenters. The van der Waals surface area contributed by atoms with Gasteiger partial charge in [-0.25, -0.2) is 0 Å². The van der Waals surface area contributed by atoms with Gasteiger partial charge in [0.1, 0.15) is 0 Å². The molecule has 4 heteroatoms. The molecule has 2 N–H and O–H groups in total. The Hall–Kier alpha value is -0.870. The van der Waals surface area contributed by atoms with Crippen LogP contribution >= 0.6 is 11.3 Å². The number of carbonyl (C=O) groups is 1. The SMILES string of the molecule is CC(C)(C)NCCC(=O)Nc1ccsc1. The zero-order valence-electron chi connectivity index (χ0n) is 9.46. The van der Waals surface area contributed by atoms with Crippen molar-refractivity contribution in [2.24, 2.45) is 0 Å². The summed E-state index contributed by atoms with van der Waals surface area (Å²) in [4.78, 5) is 11.4. The molecule has 0 radical (unpaired) electrons. The molecule has 0 saturated carbocycles. The second-order valence-corrected chi connectivity index (χ2v) is 5.27. The number of hydrogen-bond donors (Lipinski definition) is 2. The van der Waals surface area contributed by atoms with Gasteiger partial charge in [0.05, 0.1) is 5.69 Å². The molecule has 0 bridgehead atoms. The third-order valence-corrected chi connectivity index (χ3v) is 2.50. The number of thiophene rings is 1. The Labute approximate surface area is 94.9 Å². The lowest BCUT2D eigenvalue weighted by atomic mass is 10.1. The molecule has 1 amide bonds. The van der Waals surface area contributed by atoms with E-state index in [4.69, 9.17) is 0 Å². The van der Waals surface area contributed by atoms with E-state index in [1.165, 1.54) is 0 Å². The highest BCUT2D eigenvalue weighted by Crippen LogP contribution is 2.11. The van der Waals surface area contributed by atoms with E-state index in [2.05, 4.69) is 31.4 Å². The standard InChI is InChI=1S/C11H18N2OS/c1-11(2,3)12-6-4-10(14)13-9-5-7-15-8-9/h5,7-8,12H,4,6H2,1-3H3,(H,13,14). The van der Waals surface area contributed by atoms with Gasteiger partial charge >= 0.3 is 0 Å². The first-order valence-electron chi connectivity index (χ1n) is 5.04. The second kappa shape index (κ2) is 5.28. The van der Waals surface area contributed by atoms with E-state index < -0.39 is 0 Å². The molecule has 1 heterocycles. The van der Waals surface area contributed by atoms with Crippen molar-refractivity contribution in [3.05, 3.63) is 16.8 Å². The molecule has 1 aromatic heterocycles. The van der Waals surface area contributed by atoms with E-state index in [-0.39, 0.29) is 11.4 Å². The highest BCUT2D eigenvalue weighted by atomic mass is 32.1. The minimum absolute atomic E-state index is 0.0603. The summed E-state index contributed by atoms with van der Waals surface area (Å²) >= 11 is 1.58. The van der Waals surface area contributed by atoms with Crippen LogP contribution in [0, 0.1) is 0 Å². The molecular weight excluding hydrogens is 208 g/mol. The van der Waals surface area contributed by atoms with Gasteiger partial charge < -0.3 is 10.6 Å². The average Bonchev–Trinajstić information content (AvgIpc) is 2.54. The van der Waals surface area contributed by atoms with E-state index in [0.717, 1.165) is 5.69 Å². The third-order valence-electron chi connectivity index (χ3n) is 1.81. The highest BCUT2D eigenvalue weighted by molar-refractivity contribution is 7.08. The highest BCUT2D eigenvalue weighted by Gasteiger charge is 2.09. The largest absolute Gasteiger partial charge is 0.325 e. The molecule has 0 fully saturated rings. The number of hydrogen-bond acceptors (Lipinski definition) is 3. The van der Waals surface area contributed by atoms with E-state index in [9.17, 15) is 4.79 Å². The van der Waals surface area contributed by atoms with Crippen LogP contribution in [0.2, 0.25) is 0 Å². The van der Waals surface area contributed by atoms with Crippen molar-refractivity contribution in [2.45, 2.75) is 32.7 Å². The Morgan fingerprint density at radius 2 is 2.20 bits per heavy atom. The second-order valence-electron chi connectivity index (χ2n) is 4.49. The van der Waals surface area contributed by atoms with Gasteiger partial charge in [-0.05, 0) is 32.2 Å². The maximum Gasteiger partial charge on any atom is 0.225 e. The van der Waals surface area contributed by atoms with Crippen LogP contribution in [0.25, 0.3) is 0 Å². The Kier molecular flexibility index (Phi) is 4.29. The van der Waals surface area contributed by atoms with Crippen LogP contribution in [0.3, 0.4) is 0 Å². The van der Waals surface area contributed by atoms with E-state index in [1.807, 2.05) is 16.8 Å². The molecule has 84 valence electrons. The first-order chi connectivity index (χ1) is 6.97. The van der Waals surface area contributed by atoms with E-state index in [0.29, 0.717) is 13.0 Å². The van der Waals surface area contributed by atoms with Crippen molar-refractivity contribution >= 4 is 22.9 Å². The molecule has 0 aliphatic rings. The predicted molar refractivity (Wildman–Crippen MR) is 65.3 cm³/mol. The van der Waals surface area contributed by atoms with Gasteiger partial charge in [0.15, 0.2) is 0 Å². The van der Waals surface area contributed by atoms with Crippen LogP contribution in [0.15, 0.2) is 16.8 Å². The Balaban J connectivity index is 2.20. The quantitative estimate of drug-likeness (QED) is 0.828. The average molecular weight is 226 g/mol. The molecule has 3 nitrogen and oxygen atoms in total. The first-order valence-corrected chi connectivity index (χ1v) is 5.99. The molecule has 0 aliphatic heterocycles. The summed E-state index contributed by atoms with van der Waals surface area (Å²) in [6.07, 6.45) is 0.507. The van der Waals surface area contributed by atoms with Crippen LogP contribution in [0.5, 0.6) is 0 Å². The summed E-state index contributed by atoms with van der Waals surface area (Å²) in [5.41, 5.74) is 0.962. The molecule has 0 unspecified atom stereocenters. The third kappa shape index (κ3) is 5.54. The summed E-state index contributed by atoms with van der Waals surface area (Å²) in [5.74, 6) is 0.0603. The van der Waals surface area contributed by atoms with Crippen molar-refractivity contribution < 1.29 is 4.79 Å². The first kappa shape index (κ1) is 12.2. The van der Waals surface area contributed by atoms with Crippen molar-refractivity contribution in [3.8, 4) is 0 Å². The Morgan fingerprint density at radius 3 is 2.73 bits per heavy atom. The number of carbonyl (C=O) groups excluding carboxylic acids is 1. The van der Waals surface area contributed by atoms with Crippen molar-refractivity contribution in [3.63, 3.8) is 0 Å². The maximum absolute atomic E-state index is 11.4. The molecule has 0 saturated heterocycles. The molecule has 0 spiro atoms. The van der Waals surface area contributed by atoms with Crippen LogP contribution in [-0.4, -0.2) is 18.0 Å². The fourth-order valence-electron chi connectivity index (χ4n) is 1.11. The van der Waals surface area contributed by atoms with Gasteiger partial charge in [-0.1, -0.05) is 0 Å². The summed E-state index contributed by atoms with van der Waals surface area (Å²) in [6, 6.07) is 1.90. The lowest BCUT2D eigenvalue weighted by Crippen LogP contribution is -2.37. The van der Waals surface area contributed by atoms with Gasteiger partial charge in [0.25, 0.3) is 0 Å². The minimum Gasteiger partial charge on any atom is -0.325 e. The van der Waals surface area contributed by atoms with Gasteiger partial charge in [-0.15, -0.1) is 0 Å². The zero-order valence-corrected chi connectivity index (χ0v) is 10.3. The molecule has 15 heavy (non-hydrogen) atoms. The van der Waals surface area contributed by atoms with Crippen molar-refractivity contribution in [2.75, 3.05) is 11.9 Å². The number of anilines is 1. The van der Waals surface area contributed by atoms with Crippen molar-refractivity contribution in [1.82, 2.24) is 5.32 Å². The number of nitrogens with one attached hydrogen (secondary N) is 2. The molecular formula is C11H18N2OS. The zero-order chi connectivity index (χ0) is 11.3. The Bertz CT molecular complexity index is 301. The topological polar surface area (TPSA) is 41.1 Å². The Morgan fingerprint density at radius 1 is 1.47 bits per heavy atom. The normalized spacial score (nSPS) is 11.4. The van der Waals surface area contributed by atoms with Crippen molar-refractivity contribution in [1.29, 1.82) is 0 Å². The fourth-order valence-corrected chi connectivity index (χ4v) is 1.70. The number of amides is 1. The molecule has 1 aromatic rings. The molecule has 1 rings (SSSR count). The van der Waals surface area contributed by atoms with Crippen LogP contribution < -0.4 is 10.6 Å². The van der Waals surface area contributed by atoms with E-state index in [1.54, 1.807) is 11.3 Å². The monoisotopic (exact) mass is 226 g/mol. The van der Waals surface area contributed by atoms with Gasteiger partial charge in [0, 0.05) is 23.9 Å². The maximum atomic E-state index is 11.4. The predicted octanol–water partition coefficient (Wildman–Crippen LogP) is 2.46. The number of rotatable bonds is 4.